The number of ether oxygens (including phenoxy) is 2. The van der Waals surface area contributed by atoms with Gasteiger partial charge in [-0.25, -0.2) is 0 Å². The molecule has 4 atom stereocenters. The molecule has 1 aliphatic heterocycles. The summed E-state index contributed by atoms with van der Waals surface area (Å²) in [5, 5.41) is 0. The van der Waals surface area contributed by atoms with E-state index in [0.29, 0.717) is 18.4 Å². The molecule has 0 radical (unpaired) electrons. The van der Waals surface area contributed by atoms with Crippen molar-refractivity contribution in [3.63, 3.8) is 0 Å². The summed E-state index contributed by atoms with van der Waals surface area (Å²) in [7, 11) is 0. The third-order valence-corrected chi connectivity index (χ3v) is 4.60. The lowest BCUT2D eigenvalue weighted by Crippen LogP contribution is -2.29. The van der Waals surface area contributed by atoms with Crippen molar-refractivity contribution in [3.8, 4) is 0 Å². The normalized spacial score (nSPS) is 34.6. The van der Waals surface area contributed by atoms with Gasteiger partial charge in [0.1, 0.15) is 6.10 Å². The first-order chi connectivity index (χ1) is 9.04. The number of carbonyl (C=O) groups is 2. The first kappa shape index (κ1) is 14.4. The van der Waals surface area contributed by atoms with Crippen molar-refractivity contribution in [1.82, 2.24) is 0 Å². The number of hydrogen-bond acceptors (Lipinski definition) is 4. The number of fused-ring (bicyclic) bond motifs is 1. The molecule has 108 valence electrons. The molecule has 1 saturated heterocycles. The molecular formula is C15H24O4. The highest BCUT2D eigenvalue weighted by molar-refractivity contribution is 5.96. The van der Waals surface area contributed by atoms with Crippen molar-refractivity contribution in [1.29, 1.82) is 0 Å². The van der Waals surface area contributed by atoms with Crippen LogP contribution in [0, 0.1) is 23.7 Å². The van der Waals surface area contributed by atoms with Gasteiger partial charge in [0.2, 0.25) is 0 Å². The van der Waals surface area contributed by atoms with Crippen molar-refractivity contribution in [2.24, 2.45) is 23.7 Å². The molecule has 4 nitrogen and oxygen atoms in total. The van der Waals surface area contributed by atoms with Crippen molar-refractivity contribution in [2.45, 2.75) is 52.6 Å². The lowest BCUT2D eigenvalue weighted by atomic mass is 9.85. The van der Waals surface area contributed by atoms with Gasteiger partial charge >= 0.3 is 11.9 Å². The highest BCUT2D eigenvalue weighted by Crippen LogP contribution is 2.41. The molecule has 0 bridgehead atoms. The lowest BCUT2D eigenvalue weighted by molar-refractivity contribution is -0.157. The zero-order valence-electron chi connectivity index (χ0n) is 12.1. The minimum atomic E-state index is -0.684. The van der Waals surface area contributed by atoms with Crippen LogP contribution in [-0.2, 0) is 19.1 Å². The Morgan fingerprint density at radius 2 is 2.00 bits per heavy atom. The molecule has 2 fully saturated rings. The number of rotatable bonds is 3. The summed E-state index contributed by atoms with van der Waals surface area (Å²) >= 11 is 0. The largest absolute Gasteiger partial charge is 0.465 e. The minimum absolute atomic E-state index is 0.0234. The summed E-state index contributed by atoms with van der Waals surface area (Å²) in [6.45, 7) is 6.55. The van der Waals surface area contributed by atoms with E-state index in [2.05, 4.69) is 13.8 Å². The van der Waals surface area contributed by atoms with Crippen molar-refractivity contribution in [2.75, 3.05) is 6.61 Å². The summed E-state index contributed by atoms with van der Waals surface area (Å²) < 4.78 is 10.4. The molecule has 19 heavy (non-hydrogen) atoms. The molecule has 2 rings (SSSR count). The zero-order chi connectivity index (χ0) is 14.0. The zero-order valence-corrected chi connectivity index (χ0v) is 12.1. The average molecular weight is 268 g/mol. The summed E-state index contributed by atoms with van der Waals surface area (Å²) in [4.78, 5) is 23.8. The van der Waals surface area contributed by atoms with E-state index in [0.717, 1.165) is 25.7 Å². The van der Waals surface area contributed by atoms with Crippen LogP contribution < -0.4 is 0 Å². The van der Waals surface area contributed by atoms with E-state index < -0.39 is 11.9 Å². The second kappa shape index (κ2) is 5.93. The fraction of sp³-hybridized carbons (Fsp3) is 0.867. The number of esters is 2. The number of hydrogen-bond donors (Lipinski definition) is 0. The Hall–Kier alpha value is -1.06. The fourth-order valence-electron chi connectivity index (χ4n) is 3.42. The molecule has 1 saturated carbocycles. The predicted molar refractivity (Wildman–Crippen MR) is 70.3 cm³/mol. The van der Waals surface area contributed by atoms with Crippen LogP contribution in [0.15, 0.2) is 0 Å². The van der Waals surface area contributed by atoms with Crippen LogP contribution in [0.4, 0.5) is 0 Å². The Balaban J connectivity index is 2.07. The van der Waals surface area contributed by atoms with E-state index in [9.17, 15) is 9.59 Å². The highest BCUT2D eigenvalue weighted by Gasteiger charge is 2.50. The topological polar surface area (TPSA) is 52.6 Å². The van der Waals surface area contributed by atoms with E-state index in [4.69, 9.17) is 9.47 Å². The smallest absolute Gasteiger partial charge is 0.321 e. The number of carbonyl (C=O) groups excluding carboxylic acids is 2. The Morgan fingerprint density at radius 3 is 2.63 bits per heavy atom. The van der Waals surface area contributed by atoms with Gasteiger partial charge in [-0.1, -0.05) is 13.8 Å². The molecule has 4 heteroatoms. The molecule has 0 amide bonds. The third-order valence-electron chi connectivity index (χ3n) is 4.60. The van der Waals surface area contributed by atoms with Crippen LogP contribution in [0.2, 0.25) is 0 Å². The van der Waals surface area contributed by atoms with Crippen LogP contribution in [0.5, 0.6) is 0 Å². The standard InChI is InChI=1S/C15H24O4/c1-4-18-14(16)13-11-7-5-10(9(2)3)6-8-12(11)19-15(13)17/h9-13H,4-8H2,1-3H3. The molecular weight excluding hydrogens is 244 g/mol. The van der Waals surface area contributed by atoms with E-state index in [-0.39, 0.29) is 18.0 Å². The van der Waals surface area contributed by atoms with Crippen molar-refractivity contribution < 1.29 is 19.1 Å². The maximum atomic E-state index is 11.9. The maximum absolute atomic E-state index is 11.9. The van der Waals surface area contributed by atoms with Crippen LogP contribution in [0.3, 0.4) is 0 Å². The molecule has 1 aliphatic carbocycles. The fourth-order valence-corrected chi connectivity index (χ4v) is 3.42. The summed E-state index contributed by atoms with van der Waals surface area (Å²) in [6, 6.07) is 0. The predicted octanol–water partition coefficient (Wildman–Crippen LogP) is 2.55. The van der Waals surface area contributed by atoms with Gasteiger partial charge in [-0.3, -0.25) is 9.59 Å². The molecule has 0 aromatic heterocycles. The van der Waals surface area contributed by atoms with E-state index in [1.165, 1.54) is 0 Å². The summed E-state index contributed by atoms with van der Waals surface area (Å²) in [6.07, 6.45) is 3.86. The molecule has 0 aromatic rings. The molecule has 0 spiro atoms. The summed E-state index contributed by atoms with van der Waals surface area (Å²) in [5.41, 5.74) is 0. The van der Waals surface area contributed by atoms with E-state index in [1.54, 1.807) is 6.92 Å². The molecule has 0 N–H and O–H groups in total. The Morgan fingerprint density at radius 1 is 1.32 bits per heavy atom. The summed E-state index contributed by atoms with van der Waals surface area (Å²) in [5.74, 6) is -0.117. The molecule has 4 unspecified atom stereocenters. The molecule has 1 heterocycles. The molecule has 0 aromatic carbocycles. The lowest BCUT2D eigenvalue weighted by Gasteiger charge is -2.19. The van der Waals surface area contributed by atoms with Crippen LogP contribution in [0.1, 0.15) is 46.5 Å². The Bertz CT molecular complexity index is 350. The highest BCUT2D eigenvalue weighted by atomic mass is 16.6. The SMILES string of the molecule is CCOC(=O)C1C(=O)OC2CCC(C(C)C)CCC21. The van der Waals surface area contributed by atoms with Crippen LogP contribution in [-0.4, -0.2) is 24.6 Å². The van der Waals surface area contributed by atoms with Gasteiger partial charge in [-0.05, 0) is 44.4 Å². The van der Waals surface area contributed by atoms with Gasteiger partial charge in [0.05, 0.1) is 6.61 Å². The second-order valence-corrected chi connectivity index (χ2v) is 6.03. The van der Waals surface area contributed by atoms with Gasteiger partial charge in [0.25, 0.3) is 0 Å². The quantitative estimate of drug-likeness (QED) is 0.583. The van der Waals surface area contributed by atoms with Crippen molar-refractivity contribution >= 4 is 11.9 Å². The maximum Gasteiger partial charge on any atom is 0.321 e. The van der Waals surface area contributed by atoms with Crippen molar-refractivity contribution in [3.05, 3.63) is 0 Å². The first-order valence-corrected chi connectivity index (χ1v) is 7.41. The monoisotopic (exact) mass is 268 g/mol. The van der Waals surface area contributed by atoms with Gasteiger partial charge in [0, 0.05) is 5.92 Å². The van der Waals surface area contributed by atoms with E-state index >= 15 is 0 Å². The second-order valence-electron chi connectivity index (χ2n) is 6.03. The van der Waals surface area contributed by atoms with Gasteiger partial charge < -0.3 is 9.47 Å². The minimum Gasteiger partial charge on any atom is -0.465 e. The van der Waals surface area contributed by atoms with Gasteiger partial charge in [0.15, 0.2) is 5.92 Å². The Kier molecular flexibility index (Phi) is 4.48. The first-order valence-electron chi connectivity index (χ1n) is 7.41. The van der Waals surface area contributed by atoms with Gasteiger partial charge in [-0.2, -0.15) is 0 Å². The Labute approximate surface area is 114 Å². The van der Waals surface area contributed by atoms with Crippen LogP contribution in [0.25, 0.3) is 0 Å². The van der Waals surface area contributed by atoms with E-state index in [1.807, 2.05) is 0 Å². The van der Waals surface area contributed by atoms with Gasteiger partial charge in [-0.15, -0.1) is 0 Å². The van der Waals surface area contributed by atoms with Crippen LogP contribution >= 0.6 is 0 Å². The molecule has 2 aliphatic rings. The third kappa shape index (κ3) is 2.93. The average Bonchev–Trinajstić information content (AvgIpc) is 2.53.